The summed E-state index contributed by atoms with van der Waals surface area (Å²) in [6.45, 7) is 7.10. The highest BCUT2D eigenvalue weighted by Gasteiger charge is 2.30. The molecule has 0 aromatic carbocycles. The predicted octanol–water partition coefficient (Wildman–Crippen LogP) is 20.5. The van der Waals surface area contributed by atoms with Crippen molar-refractivity contribution in [2.45, 2.75) is 368 Å². The number of phosphoric acid groups is 2. The molecule has 6 atom stereocenters. The van der Waals surface area contributed by atoms with Crippen LogP contribution in [0.15, 0.2) is 24.3 Å². The first-order chi connectivity index (χ1) is 44.1. The summed E-state index contributed by atoms with van der Waals surface area (Å²) in [5.41, 5.74) is 0. The lowest BCUT2D eigenvalue weighted by molar-refractivity contribution is -0.161. The molecular formula is C72H136O17P2. The minimum absolute atomic E-state index is 0.102. The number of aliphatic hydroxyl groups excluding tert-OH is 1. The minimum atomic E-state index is -4.96. The van der Waals surface area contributed by atoms with Gasteiger partial charge in [0.25, 0.3) is 0 Å². The molecular weight excluding hydrogens is 1200 g/mol. The van der Waals surface area contributed by atoms with Gasteiger partial charge in [-0.15, -0.1) is 0 Å². The summed E-state index contributed by atoms with van der Waals surface area (Å²) in [6.07, 6.45) is 55.3. The van der Waals surface area contributed by atoms with E-state index in [2.05, 4.69) is 58.9 Å². The number of aliphatic hydroxyl groups is 1. The van der Waals surface area contributed by atoms with Gasteiger partial charge in [-0.25, -0.2) is 9.13 Å². The fourth-order valence-corrected chi connectivity index (χ4v) is 12.0. The molecule has 0 spiro atoms. The van der Waals surface area contributed by atoms with E-state index in [0.717, 1.165) is 121 Å². The molecule has 0 radical (unpaired) electrons. The third-order valence-corrected chi connectivity index (χ3v) is 18.4. The molecule has 0 amide bonds. The second-order valence-electron chi connectivity index (χ2n) is 25.5. The Morgan fingerprint density at radius 1 is 0.352 bits per heavy atom. The number of carbonyl (C=O) groups is 4. The van der Waals surface area contributed by atoms with Crippen LogP contribution in [-0.2, 0) is 65.4 Å². The van der Waals surface area contributed by atoms with Gasteiger partial charge in [-0.3, -0.25) is 37.3 Å². The molecule has 0 saturated heterocycles. The molecule has 19 heteroatoms. The Balaban J connectivity index is 5.18. The van der Waals surface area contributed by atoms with Crippen molar-refractivity contribution in [2.24, 2.45) is 5.92 Å². The maximum absolute atomic E-state index is 13.0. The first-order valence-corrected chi connectivity index (χ1v) is 40.0. The van der Waals surface area contributed by atoms with Crippen molar-refractivity contribution in [1.82, 2.24) is 0 Å². The van der Waals surface area contributed by atoms with Crippen LogP contribution in [0, 0.1) is 5.92 Å². The largest absolute Gasteiger partial charge is 0.472 e. The van der Waals surface area contributed by atoms with Gasteiger partial charge in [-0.05, 0) is 57.3 Å². The molecule has 0 bridgehead atoms. The summed E-state index contributed by atoms with van der Waals surface area (Å²) in [6, 6.07) is 0. The second-order valence-corrected chi connectivity index (χ2v) is 28.4. The second kappa shape index (κ2) is 64.9. The van der Waals surface area contributed by atoms with Gasteiger partial charge in [0.1, 0.15) is 19.3 Å². The van der Waals surface area contributed by atoms with Gasteiger partial charge in [-0.1, -0.05) is 296 Å². The zero-order valence-corrected chi connectivity index (χ0v) is 60.3. The number of carbonyl (C=O) groups excluding carboxylic acids is 4. The average Bonchev–Trinajstić information content (AvgIpc) is 2.38. The van der Waals surface area contributed by atoms with Gasteiger partial charge in [-0.2, -0.15) is 0 Å². The maximum atomic E-state index is 13.0. The monoisotopic (exact) mass is 1330 g/mol. The number of ether oxygens (including phenoxy) is 4. The molecule has 3 unspecified atom stereocenters. The SMILES string of the molecule is CCCCCC/C=C\C=C/CCCCCCCC(=O)OC[C@H](COP(=O)(O)OC[C@@H](O)COP(=O)(O)OC[C@@H](COC(=O)CCCCCCC)OC(=O)CCCCCCCCCCC(C)CC)OC(=O)CCCCCCCCCCCCCCCCCCCCC. The van der Waals surface area contributed by atoms with Gasteiger partial charge < -0.3 is 33.8 Å². The number of hydrogen-bond acceptors (Lipinski definition) is 15. The molecule has 0 aliphatic rings. The number of esters is 4. The standard InChI is InChI=1S/C72H136O17P2/c1-6-10-13-16-18-20-22-24-26-27-28-29-31-33-35-37-42-47-52-57-71(76)89-68(62-83-70(75)56-51-46-41-36-34-32-30-25-23-21-19-17-14-11-7-2)64-87-91(80,81)85-60-66(73)59-84-90(78,79)86-63-67(61-82-69(74)55-50-44-15-12-8-3)88-72(77)58-53-48-43-39-38-40-45-49-54-65(5)9-4/h21,23,25,30,65-68,73H,6-20,22,24,26-29,31-64H2,1-5H3,(H,78,79)(H,80,81)/b23-21-,30-25-/t65?,66-,67+,68+/m0/s1. The van der Waals surface area contributed by atoms with E-state index < -0.39 is 97.5 Å². The smallest absolute Gasteiger partial charge is 0.462 e. The van der Waals surface area contributed by atoms with Crippen LogP contribution in [0.1, 0.15) is 349 Å². The Morgan fingerprint density at radius 3 is 0.934 bits per heavy atom. The molecule has 0 fully saturated rings. The Labute approximate surface area is 554 Å². The van der Waals surface area contributed by atoms with E-state index in [1.54, 1.807) is 0 Å². The number of unbranched alkanes of at least 4 members (excludes halogenated alkanes) is 38. The van der Waals surface area contributed by atoms with Crippen LogP contribution in [-0.4, -0.2) is 96.7 Å². The van der Waals surface area contributed by atoms with Crippen LogP contribution in [0.3, 0.4) is 0 Å². The molecule has 17 nitrogen and oxygen atoms in total. The average molecular weight is 1340 g/mol. The van der Waals surface area contributed by atoms with Crippen molar-refractivity contribution in [3.8, 4) is 0 Å². The van der Waals surface area contributed by atoms with E-state index in [0.29, 0.717) is 25.7 Å². The molecule has 0 aromatic heterocycles. The fraction of sp³-hybridized carbons (Fsp3) is 0.889. The Bertz CT molecular complexity index is 1850. The van der Waals surface area contributed by atoms with Gasteiger partial charge >= 0.3 is 39.5 Å². The summed E-state index contributed by atoms with van der Waals surface area (Å²) < 4.78 is 68.1. The quantitative estimate of drug-likeness (QED) is 0.0169. The van der Waals surface area contributed by atoms with E-state index in [9.17, 15) is 43.2 Å². The highest BCUT2D eigenvalue weighted by Crippen LogP contribution is 2.45. The molecule has 0 aliphatic carbocycles. The van der Waals surface area contributed by atoms with Crippen molar-refractivity contribution in [3.05, 3.63) is 24.3 Å². The number of rotatable bonds is 70. The fourth-order valence-electron chi connectivity index (χ4n) is 10.4. The maximum Gasteiger partial charge on any atom is 0.472 e. The van der Waals surface area contributed by atoms with E-state index in [-0.39, 0.29) is 25.7 Å². The van der Waals surface area contributed by atoms with Crippen molar-refractivity contribution in [1.29, 1.82) is 0 Å². The highest BCUT2D eigenvalue weighted by atomic mass is 31.2. The molecule has 0 rings (SSSR count). The first-order valence-electron chi connectivity index (χ1n) is 37.0. The van der Waals surface area contributed by atoms with Crippen LogP contribution >= 0.6 is 15.6 Å². The van der Waals surface area contributed by atoms with Crippen LogP contribution < -0.4 is 0 Å². The highest BCUT2D eigenvalue weighted by molar-refractivity contribution is 7.47. The van der Waals surface area contributed by atoms with Crippen LogP contribution in [0.2, 0.25) is 0 Å². The Kier molecular flexibility index (Phi) is 63.1. The molecule has 0 saturated carbocycles. The van der Waals surface area contributed by atoms with Gasteiger partial charge in [0, 0.05) is 25.7 Å². The van der Waals surface area contributed by atoms with Crippen molar-refractivity contribution in [2.75, 3.05) is 39.6 Å². The topological polar surface area (TPSA) is 237 Å². The molecule has 3 N–H and O–H groups in total. The summed E-state index contributed by atoms with van der Waals surface area (Å²) >= 11 is 0. The normalized spacial score (nSPS) is 14.5. The molecule has 91 heavy (non-hydrogen) atoms. The third-order valence-electron chi connectivity index (χ3n) is 16.5. The van der Waals surface area contributed by atoms with Crippen LogP contribution in [0.4, 0.5) is 0 Å². The van der Waals surface area contributed by atoms with Crippen molar-refractivity contribution in [3.63, 3.8) is 0 Å². The van der Waals surface area contributed by atoms with E-state index in [1.165, 1.54) is 148 Å². The zero-order valence-electron chi connectivity index (χ0n) is 58.5. The van der Waals surface area contributed by atoms with Gasteiger partial charge in [0.05, 0.1) is 26.4 Å². The minimum Gasteiger partial charge on any atom is -0.462 e. The molecule has 0 aromatic rings. The Hall–Kier alpha value is -2.46. The lowest BCUT2D eigenvalue weighted by Crippen LogP contribution is -2.30. The van der Waals surface area contributed by atoms with Crippen LogP contribution in [0.25, 0.3) is 0 Å². The summed E-state index contributed by atoms with van der Waals surface area (Å²) in [4.78, 5) is 72.3. The molecule has 0 heterocycles. The van der Waals surface area contributed by atoms with Gasteiger partial charge in [0.15, 0.2) is 12.2 Å². The van der Waals surface area contributed by atoms with Crippen LogP contribution in [0.5, 0.6) is 0 Å². The van der Waals surface area contributed by atoms with Crippen molar-refractivity contribution >= 4 is 39.5 Å². The number of hydrogen-bond donors (Lipinski definition) is 3. The summed E-state index contributed by atoms with van der Waals surface area (Å²) in [5, 5.41) is 10.6. The van der Waals surface area contributed by atoms with E-state index >= 15 is 0 Å². The first kappa shape index (κ1) is 88.5. The molecule has 0 aliphatic heterocycles. The lowest BCUT2D eigenvalue weighted by Gasteiger charge is -2.21. The third kappa shape index (κ3) is 64.6. The van der Waals surface area contributed by atoms with Crippen molar-refractivity contribution < 1.29 is 80.2 Å². The Morgan fingerprint density at radius 2 is 0.615 bits per heavy atom. The molecule has 536 valence electrons. The summed E-state index contributed by atoms with van der Waals surface area (Å²) in [7, 11) is -9.90. The van der Waals surface area contributed by atoms with E-state index in [1.807, 2.05) is 0 Å². The number of allylic oxidation sites excluding steroid dienone is 4. The predicted molar refractivity (Wildman–Crippen MR) is 368 cm³/mol. The lowest BCUT2D eigenvalue weighted by atomic mass is 9.99. The number of phosphoric ester groups is 2. The van der Waals surface area contributed by atoms with Gasteiger partial charge in [0.2, 0.25) is 0 Å². The zero-order chi connectivity index (χ0) is 67.0. The summed E-state index contributed by atoms with van der Waals surface area (Å²) in [5.74, 6) is -1.40. The van der Waals surface area contributed by atoms with E-state index in [4.69, 9.17) is 37.0 Å².